The van der Waals surface area contributed by atoms with E-state index in [2.05, 4.69) is 53.1 Å². The highest BCUT2D eigenvalue weighted by atomic mass is 32.2. The molecule has 3 rings (SSSR count). The number of rotatable bonds is 3. The fourth-order valence-corrected chi connectivity index (χ4v) is 3.34. The molecule has 0 saturated carbocycles. The zero-order valence-electron chi connectivity index (χ0n) is 14.5. The topological polar surface area (TPSA) is 88.4 Å². The zero-order chi connectivity index (χ0) is 18.1. The summed E-state index contributed by atoms with van der Waals surface area (Å²) in [7, 11) is 0. The van der Waals surface area contributed by atoms with Crippen molar-refractivity contribution in [2.45, 2.75) is 32.9 Å². The average molecular weight is 357 g/mol. The normalized spacial score (nSPS) is 11.0. The summed E-state index contributed by atoms with van der Waals surface area (Å²) in [5.74, 6) is -0.499. The summed E-state index contributed by atoms with van der Waals surface area (Å²) < 4.78 is 1.98. The molecule has 1 aromatic carbocycles. The van der Waals surface area contributed by atoms with E-state index in [0.717, 1.165) is 22.1 Å². The first-order chi connectivity index (χ1) is 11.9. The van der Waals surface area contributed by atoms with Gasteiger partial charge in [0.2, 0.25) is 11.8 Å². The summed E-state index contributed by atoms with van der Waals surface area (Å²) in [6, 6.07) is 6.36. The molecule has 2 N–H and O–H groups in total. The number of carbonyl (C=O) groups excluding carboxylic acids is 2. The van der Waals surface area contributed by atoms with Gasteiger partial charge in [0, 0.05) is 6.92 Å². The number of hydrazine groups is 1. The first-order valence-corrected chi connectivity index (χ1v) is 8.79. The lowest BCUT2D eigenvalue weighted by atomic mass is 10.0. The maximum absolute atomic E-state index is 11.8. The van der Waals surface area contributed by atoms with E-state index >= 15 is 0 Å². The number of hydrogen-bond acceptors (Lipinski definition) is 5. The Bertz CT molecular complexity index is 996. The lowest BCUT2D eigenvalue weighted by molar-refractivity contribution is -0.126. The van der Waals surface area contributed by atoms with E-state index in [9.17, 15) is 9.59 Å². The largest absolute Gasteiger partial charge is 0.274 e. The third-order valence-corrected chi connectivity index (χ3v) is 4.88. The molecular formula is C17H19N5O2S. The maximum Gasteiger partial charge on any atom is 0.248 e. The van der Waals surface area contributed by atoms with Gasteiger partial charge in [-0.25, -0.2) is 0 Å². The SMILES string of the molecule is CC(=O)NNC(=O)CSc1nnc2c(C)cc3cc(C)c(C)cc3n12. The second-order valence-electron chi connectivity index (χ2n) is 5.98. The fourth-order valence-electron chi connectivity index (χ4n) is 2.59. The number of nitrogens with zero attached hydrogens (tertiary/aromatic N) is 3. The molecule has 0 radical (unpaired) electrons. The Kier molecular flexibility index (Phi) is 4.63. The maximum atomic E-state index is 11.8. The van der Waals surface area contributed by atoms with Crippen LogP contribution < -0.4 is 10.9 Å². The molecule has 0 bridgehead atoms. The molecule has 3 aromatic rings. The van der Waals surface area contributed by atoms with Gasteiger partial charge in [-0.15, -0.1) is 10.2 Å². The monoisotopic (exact) mass is 357 g/mol. The highest BCUT2D eigenvalue weighted by Gasteiger charge is 2.14. The Labute approximate surface area is 149 Å². The van der Waals surface area contributed by atoms with Gasteiger partial charge in [0.1, 0.15) is 0 Å². The summed E-state index contributed by atoms with van der Waals surface area (Å²) in [6.45, 7) is 7.48. The standard InChI is InChI=1S/C17H19N5O2S/c1-9-5-13-6-11(3)16-20-21-17(22(16)14(13)7-10(9)2)25-8-15(24)19-18-12(4)23/h5-7H,8H2,1-4H3,(H,18,23)(H,19,24). The van der Waals surface area contributed by atoms with Gasteiger partial charge in [-0.05, 0) is 61.0 Å². The fraction of sp³-hybridized carbons (Fsp3) is 0.294. The van der Waals surface area contributed by atoms with Crippen LogP contribution in [0.2, 0.25) is 0 Å². The minimum absolute atomic E-state index is 0.126. The Hall–Kier alpha value is -2.61. The van der Waals surface area contributed by atoms with Crippen LogP contribution in [-0.4, -0.2) is 32.2 Å². The van der Waals surface area contributed by atoms with Crippen LogP contribution in [-0.2, 0) is 9.59 Å². The highest BCUT2D eigenvalue weighted by Crippen LogP contribution is 2.27. The van der Waals surface area contributed by atoms with Gasteiger partial charge in [0.25, 0.3) is 0 Å². The molecule has 8 heteroatoms. The van der Waals surface area contributed by atoms with Crippen LogP contribution in [0.15, 0.2) is 23.4 Å². The van der Waals surface area contributed by atoms with E-state index in [1.165, 1.54) is 29.8 Å². The molecule has 130 valence electrons. The van der Waals surface area contributed by atoms with Crippen LogP contribution >= 0.6 is 11.8 Å². The predicted molar refractivity (Wildman–Crippen MR) is 97.4 cm³/mol. The lowest BCUT2D eigenvalue weighted by Crippen LogP contribution is -2.41. The average Bonchev–Trinajstić information content (AvgIpc) is 2.98. The first kappa shape index (κ1) is 17.2. The van der Waals surface area contributed by atoms with E-state index in [-0.39, 0.29) is 17.6 Å². The lowest BCUT2D eigenvalue weighted by Gasteiger charge is -2.10. The van der Waals surface area contributed by atoms with Crippen molar-refractivity contribution in [2.24, 2.45) is 0 Å². The number of pyridine rings is 1. The molecule has 0 atom stereocenters. The van der Waals surface area contributed by atoms with E-state index < -0.39 is 0 Å². The third kappa shape index (κ3) is 3.43. The molecule has 0 unspecified atom stereocenters. The first-order valence-electron chi connectivity index (χ1n) is 7.80. The molecular weight excluding hydrogens is 338 g/mol. The number of hydrogen-bond donors (Lipinski definition) is 2. The van der Waals surface area contributed by atoms with Crippen LogP contribution in [0, 0.1) is 20.8 Å². The number of aromatic nitrogens is 3. The van der Waals surface area contributed by atoms with Crippen molar-refractivity contribution in [1.29, 1.82) is 0 Å². The van der Waals surface area contributed by atoms with Crippen LogP contribution in [0.1, 0.15) is 23.6 Å². The number of fused-ring (bicyclic) bond motifs is 3. The Morgan fingerprint density at radius 2 is 1.72 bits per heavy atom. The molecule has 0 fully saturated rings. The summed E-state index contributed by atoms with van der Waals surface area (Å²) >= 11 is 1.28. The number of benzene rings is 1. The van der Waals surface area contributed by atoms with Crippen molar-refractivity contribution < 1.29 is 9.59 Å². The van der Waals surface area contributed by atoms with Crippen LogP contribution in [0.25, 0.3) is 16.6 Å². The van der Waals surface area contributed by atoms with E-state index in [1.807, 2.05) is 11.3 Å². The minimum Gasteiger partial charge on any atom is -0.274 e. The molecule has 2 aromatic heterocycles. The zero-order valence-corrected chi connectivity index (χ0v) is 15.3. The van der Waals surface area contributed by atoms with Crippen LogP contribution in [0.3, 0.4) is 0 Å². The van der Waals surface area contributed by atoms with Crippen molar-refractivity contribution in [3.8, 4) is 0 Å². The third-order valence-electron chi connectivity index (χ3n) is 3.95. The van der Waals surface area contributed by atoms with Gasteiger partial charge in [-0.1, -0.05) is 11.8 Å². The van der Waals surface area contributed by atoms with Gasteiger partial charge in [-0.3, -0.25) is 24.8 Å². The summed E-state index contributed by atoms with van der Waals surface area (Å²) in [5.41, 5.74) is 9.84. The van der Waals surface area contributed by atoms with Gasteiger partial charge < -0.3 is 0 Å². The number of nitrogens with one attached hydrogen (secondary N) is 2. The van der Waals surface area contributed by atoms with Gasteiger partial charge in [-0.2, -0.15) is 0 Å². The minimum atomic E-state index is -0.321. The summed E-state index contributed by atoms with van der Waals surface area (Å²) in [6.07, 6.45) is 0. The molecule has 2 heterocycles. The van der Waals surface area contributed by atoms with Gasteiger partial charge in [0.15, 0.2) is 10.8 Å². The molecule has 0 aliphatic rings. The van der Waals surface area contributed by atoms with E-state index in [0.29, 0.717) is 5.16 Å². The van der Waals surface area contributed by atoms with Gasteiger partial charge in [0.05, 0.1) is 11.3 Å². The van der Waals surface area contributed by atoms with Crippen molar-refractivity contribution in [1.82, 2.24) is 25.4 Å². The molecule has 2 amide bonds. The molecule has 25 heavy (non-hydrogen) atoms. The molecule has 0 aliphatic carbocycles. The van der Waals surface area contributed by atoms with E-state index in [1.54, 1.807) is 0 Å². The summed E-state index contributed by atoms with van der Waals surface area (Å²) in [4.78, 5) is 22.6. The number of aryl methyl sites for hydroxylation is 3. The Morgan fingerprint density at radius 1 is 1.04 bits per heavy atom. The smallest absolute Gasteiger partial charge is 0.248 e. The molecule has 0 spiro atoms. The van der Waals surface area contributed by atoms with Crippen molar-refractivity contribution >= 4 is 40.1 Å². The highest BCUT2D eigenvalue weighted by molar-refractivity contribution is 7.99. The predicted octanol–water partition coefficient (Wildman–Crippen LogP) is 2.07. The number of amides is 2. The number of carbonyl (C=O) groups is 2. The van der Waals surface area contributed by atoms with Crippen molar-refractivity contribution in [2.75, 3.05) is 5.75 Å². The molecule has 7 nitrogen and oxygen atoms in total. The van der Waals surface area contributed by atoms with Crippen LogP contribution in [0.5, 0.6) is 0 Å². The second kappa shape index (κ2) is 6.72. The van der Waals surface area contributed by atoms with E-state index in [4.69, 9.17) is 0 Å². The second-order valence-corrected chi connectivity index (χ2v) is 6.92. The quantitative estimate of drug-likeness (QED) is 0.553. The molecule has 0 saturated heterocycles. The Morgan fingerprint density at radius 3 is 2.44 bits per heavy atom. The Balaban J connectivity index is 1.98. The molecule has 0 aliphatic heterocycles. The van der Waals surface area contributed by atoms with Crippen molar-refractivity contribution in [3.05, 3.63) is 34.9 Å². The van der Waals surface area contributed by atoms with Crippen molar-refractivity contribution in [3.63, 3.8) is 0 Å². The summed E-state index contributed by atoms with van der Waals surface area (Å²) in [5, 5.41) is 10.2. The van der Waals surface area contributed by atoms with Gasteiger partial charge >= 0.3 is 0 Å². The number of thioether (sulfide) groups is 1. The van der Waals surface area contributed by atoms with Crippen LogP contribution in [0.4, 0.5) is 0 Å².